The van der Waals surface area contributed by atoms with Crippen LogP contribution in [0.25, 0.3) is 0 Å². The molecule has 0 saturated carbocycles. The van der Waals surface area contributed by atoms with E-state index in [1.165, 1.54) is 12.4 Å². The predicted molar refractivity (Wildman–Crippen MR) is 87.6 cm³/mol. The molecule has 0 spiro atoms. The number of rotatable bonds is 5. The molecule has 4 amide bonds. The first-order valence-electron chi connectivity index (χ1n) is 8.03. The quantitative estimate of drug-likeness (QED) is 0.608. The molecule has 1 aliphatic rings. The van der Waals surface area contributed by atoms with Crippen LogP contribution in [0.5, 0.6) is 0 Å². The number of nitrogens with zero attached hydrogens (tertiary/aromatic N) is 2. The van der Waals surface area contributed by atoms with Crippen LogP contribution in [0.3, 0.4) is 0 Å². The number of nitrogens with one attached hydrogen (secondary N) is 2. The lowest BCUT2D eigenvalue weighted by Gasteiger charge is -2.30. The molecule has 1 aromatic heterocycles. The van der Waals surface area contributed by atoms with Crippen LogP contribution in [-0.2, 0) is 14.4 Å². The number of primary amides is 1. The van der Waals surface area contributed by atoms with Gasteiger partial charge in [0.1, 0.15) is 0 Å². The summed E-state index contributed by atoms with van der Waals surface area (Å²) in [6, 6.07) is 3.17. The molecule has 1 fully saturated rings. The molecular weight excluding hydrogens is 326 g/mol. The fraction of sp³-hybridized carbons (Fsp3) is 0.438. The second kappa shape index (κ2) is 8.76. The zero-order valence-corrected chi connectivity index (χ0v) is 13.7. The fourth-order valence-electron chi connectivity index (χ4n) is 2.55. The third-order valence-corrected chi connectivity index (χ3v) is 4.06. The van der Waals surface area contributed by atoms with Gasteiger partial charge in [0.2, 0.25) is 17.7 Å². The van der Waals surface area contributed by atoms with Gasteiger partial charge in [-0.05, 0) is 25.0 Å². The molecule has 9 heteroatoms. The highest BCUT2D eigenvalue weighted by Gasteiger charge is 2.25. The molecule has 25 heavy (non-hydrogen) atoms. The molecule has 134 valence electrons. The second-order valence-electron chi connectivity index (χ2n) is 5.80. The molecule has 0 aliphatic carbocycles. The van der Waals surface area contributed by atoms with Crippen LogP contribution in [0.4, 0.5) is 0 Å². The monoisotopic (exact) mass is 347 g/mol. The van der Waals surface area contributed by atoms with Crippen LogP contribution in [0.15, 0.2) is 24.5 Å². The summed E-state index contributed by atoms with van der Waals surface area (Å²) in [7, 11) is 0. The van der Waals surface area contributed by atoms with Gasteiger partial charge in [-0.1, -0.05) is 0 Å². The summed E-state index contributed by atoms with van der Waals surface area (Å²) in [5.41, 5.74) is 10.1. The van der Waals surface area contributed by atoms with Gasteiger partial charge < -0.3 is 10.6 Å². The first kappa shape index (κ1) is 18.4. The van der Waals surface area contributed by atoms with E-state index in [4.69, 9.17) is 5.73 Å². The van der Waals surface area contributed by atoms with E-state index >= 15 is 0 Å². The molecule has 1 saturated heterocycles. The third-order valence-electron chi connectivity index (χ3n) is 4.06. The second-order valence-corrected chi connectivity index (χ2v) is 5.80. The minimum absolute atomic E-state index is 0.0375. The van der Waals surface area contributed by atoms with Crippen LogP contribution in [0.1, 0.15) is 36.0 Å². The van der Waals surface area contributed by atoms with Crippen molar-refractivity contribution in [3.8, 4) is 0 Å². The summed E-state index contributed by atoms with van der Waals surface area (Å²) >= 11 is 0. The van der Waals surface area contributed by atoms with Crippen molar-refractivity contribution < 1.29 is 19.2 Å². The average molecular weight is 347 g/mol. The van der Waals surface area contributed by atoms with E-state index < -0.39 is 11.8 Å². The Balaban J connectivity index is 1.67. The maximum atomic E-state index is 12.1. The number of amides is 4. The fourth-order valence-corrected chi connectivity index (χ4v) is 2.55. The number of carbonyl (C=O) groups is 4. The lowest BCUT2D eigenvalue weighted by Crippen LogP contribution is -2.43. The molecule has 0 atom stereocenters. The zero-order chi connectivity index (χ0) is 18.2. The van der Waals surface area contributed by atoms with Crippen LogP contribution in [0, 0.1) is 5.92 Å². The van der Waals surface area contributed by atoms with E-state index in [1.54, 1.807) is 17.0 Å². The van der Waals surface area contributed by atoms with Crippen molar-refractivity contribution in [2.45, 2.75) is 25.7 Å². The molecule has 1 aromatic rings. The third kappa shape index (κ3) is 5.55. The summed E-state index contributed by atoms with van der Waals surface area (Å²) < 4.78 is 0. The van der Waals surface area contributed by atoms with Crippen molar-refractivity contribution in [1.82, 2.24) is 20.7 Å². The summed E-state index contributed by atoms with van der Waals surface area (Å²) in [6.07, 6.45) is 4.01. The molecule has 9 nitrogen and oxygen atoms in total. The number of piperidine rings is 1. The highest BCUT2D eigenvalue weighted by Crippen LogP contribution is 2.17. The Bertz CT molecular complexity index is 641. The maximum Gasteiger partial charge on any atom is 0.271 e. The summed E-state index contributed by atoms with van der Waals surface area (Å²) in [5.74, 6) is -1.62. The largest absolute Gasteiger partial charge is 0.369 e. The Hall–Kier alpha value is -2.97. The van der Waals surface area contributed by atoms with Crippen molar-refractivity contribution in [3.63, 3.8) is 0 Å². The van der Waals surface area contributed by atoms with Gasteiger partial charge in [-0.25, -0.2) is 0 Å². The van der Waals surface area contributed by atoms with E-state index in [9.17, 15) is 19.2 Å². The lowest BCUT2D eigenvalue weighted by molar-refractivity contribution is -0.136. The van der Waals surface area contributed by atoms with Crippen molar-refractivity contribution in [2.75, 3.05) is 13.1 Å². The van der Waals surface area contributed by atoms with E-state index in [0.717, 1.165) is 0 Å². The minimum atomic E-state index is -0.485. The van der Waals surface area contributed by atoms with Gasteiger partial charge in [0.15, 0.2) is 0 Å². The molecular formula is C16H21N5O4. The van der Waals surface area contributed by atoms with Crippen molar-refractivity contribution in [3.05, 3.63) is 30.1 Å². The van der Waals surface area contributed by atoms with Crippen molar-refractivity contribution in [1.29, 1.82) is 0 Å². The standard InChI is InChI=1S/C16H21N5O4/c17-15(24)11-5-8-21(9-6-11)14(23)4-3-13(22)19-20-16(25)12-2-1-7-18-10-12/h1-2,7,10-11H,3-6,8-9H2,(H2,17,24)(H,19,22)(H,20,25). The molecule has 4 N–H and O–H groups in total. The maximum absolute atomic E-state index is 12.1. The van der Waals surface area contributed by atoms with Gasteiger partial charge in [0.05, 0.1) is 5.56 Å². The normalized spacial score (nSPS) is 14.6. The highest BCUT2D eigenvalue weighted by atomic mass is 16.2. The number of hydrogen-bond acceptors (Lipinski definition) is 5. The molecule has 2 heterocycles. The first-order chi connectivity index (χ1) is 12.0. The van der Waals surface area contributed by atoms with Gasteiger partial charge in [-0.2, -0.15) is 0 Å². The SMILES string of the molecule is NC(=O)C1CCN(C(=O)CCC(=O)NNC(=O)c2cccnc2)CC1. The predicted octanol–water partition coefficient (Wildman–Crippen LogP) is -0.653. The van der Waals surface area contributed by atoms with Crippen molar-refractivity contribution >= 4 is 23.6 Å². The van der Waals surface area contributed by atoms with E-state index in [0.29, 0.717) is 31.5 Å². The van der Waals surface area contributed by atoms with Crippen LogP contribution >= 0.6 is 0 Å². The molecule has 0 aromatic carbocycles. The van der Waals surface area contributed by atoms with Crippen LogP contribution in [-0.4, -0.2) is 46.6 Å². The average Bonchev–Trinajstić information content (AvgIpc) is 2.64. The van der Waals surface area contributed by atoms with Crippen LogP contribution < -0.4 is 16.6 Å². The minimum Gasteiger partial charge on any atom is -0.369 e. The Morgan fingerprint density at radius 2 is 1.88 bits per heavy atom. The highest BCUT2D eigenvalue weighted by molar-refractivity contribution is 5.95. The number of likely N-dealkylation sites (tertiary alicyclic amines) is 1. The summed E-state index contributed by atoms with van der Waals surface area (Å²) in [6.45, 7) is 0.928. The number of nitrogens with two attached hydrogens (primary N) is 1. The van der Waals surface area contributed by atoms with Gasteiger partial charge in [-0.3, -0.25) is 35.0 Å². The molecule has 0 bridgehead atoms. The zero-order valence-electron chi connectivity index (χ0n) is 13.7. The van der Waals surface area contributed by atoms with Crippen LogP contribution in [0.2, 0.25) is 0 Å². The molecule has 0 unspecified atom stereocenters. The number of hydrazine groups is 1. The first-order valence-corrected chi connectivity index (χ1v) is 8.03. The van der Waals surface area contributed by atoms with Crippen molar-refractivity contribution in [2.24, 2.45) is 11.7 Å². The molecule has 0 radical (unpaired) electrons. The van der Waals surface area contributed by atoms with Gasteiger partial charge in [0, 0.05) is 44.2 Å². The Morgan fingerprint density at radius 1 is 1.16 bits per heavy atom. The van der Waals surface area contributed by atoms with Gasteiger partial charge in [-0.15, -0.1) is 0 Å². The van der Waals surface area contributed by atoms with E-state index in [-0.39, 0.29) is 30.6 Å². The van der Waals surface area contributed by atoms with E-state index in [2.05, 4.69) is 15.8 Å². The van der Waals surface area contributed by atoms with Gasteiger partial charge >= 0.3 is 0 Å². The Kier molecular flexibility index (Phi) is 6.44. The number of pyridine rings is 1. The van der Waals surface area contributed by atoms with Gasteiger partial charge in [0.25, 0.3) is 5.91 Å². The lowest BCUT2D eigenvalue weighted by atomic mass is 9.96. The molecule has 1 aliphatic heterocycles. The Morgan fingerprint density at radius 3 is 2.48 bits per heavy atom. The summed E-state index contributed by atoms with van der Waals surface area (Å²) in [5, 5.41) is 0. The smallest absolute Gasteiger partial charge is 0.271 e. The van der Waals surface area contributed by atoms with E-state index in [1.807, 2.05) is 0 Å². The number of carbonyl (C=O) groups excluding carboxylic acids is 4. The number of aromatic nitrogens is 1. The summed E-state index contributed by atoms with van der Waals surface area (Å²) in [4.78, 5) is 52.1. The number of hydrogen-bond donors (Lipinski definition) is 3. The Labute approximate surface area is 144 Å². The molecule has 2 rings (SSSR count). The topological polar surface area (TPSA) is 134 Å².